The van der Waals surface area contributed by atoms with Crippen molar-refractivity contribution in [1.82, 2.24) is 19.8 Å². The molecule has 1 N–H and O–H groups in total. The molecule has 2 unspecified atom stereocenters. The quantitative estimate of drug-likeness (QED) is 0.467. The molecule has 148 valence electrons. The van der Waals surface area contributed by atoms with Gasteiger partial charge in [0.15, 0.2) is 5.11 Å². The second-order valence-electron chi connectivity index (χ2n) is 7.38. The molecule has 1 aliphatic heterocycles. The number of benzene rings is 2. The average molecular weight is 411 g/mol. The molecule has 1 fully saturated rings. The number of nitrogens with zero attached hydrogens (tertiary/aromatic N) is 3. The first-order valence-corrected chi connectivity index (χ1v) is 10.5. The highest BCUT2D eigenvalue weighted by Crippen LogP contribution is 2.40. The molecule has 2 atom stereocenters. The lowest BCUT2D eigenvalue weighted by atomic mass is 10.0. The molecule has 4 nitrogen and oxygen atoms in total. The van der Waals surface area contributed by atoms with Crippen molar-refractivity contribution in [3.8, 4) is 5.69 Å². The van der Waals surface area contributed by atoms with Crippen molar-refractivity contribution in [2.45, 2.75) is 18.6 Å². The van der Waals surface area contributed by atoms with Gasteiger partial charge in [0.25, 0.3) is 0 Å². The van der Waals surface area contributed by atoms with Gasteiger partial charge in [0.05, 0.1) is 17.8 Å². The Morgan fingerprint density at radius 3 is 2.30 bits per heavy atom. The predicted octanol–water partition coefficient (Wildman–Crippen LogP) is 5.05. The second kappa shape index (κ2) is 8.13. The molecule has 0 amide bonds. The molecule has 0 spiro atoms. The van der Waals surface area contributed by atoms with Gasteiger partial charge in [-0.05, 0) is 54.2 Å². The summed E-state index contributed by atoms with van der Waals surface area (Å²) in [7, 11) is 0. The van der Waals surface area contributed by atoms with Crippen molar-refractivity contribution >= 4 is 17.3 Å². The van der Waals surface area contributed by atoms with Crippen molar-refractivity contribution in [3.05, 3.63) is 120 Å². The Hall–Kier alpha value is -3.44. The third kappa shape index (κ3) is 3.48. The number of rotatable bonds is 5. The van der Waals surface area contributed by atoms with Gasteiger partial charge in [0.1, 0.15) is 0 Å². The van der Waals surface area contributed by atoms with E-state index in [-0.39, 0.29) is 12.1 Å². The van der Waals surface area contributed by atoms with Gasteiger partial charge in [-0.3, -0.25) is 4.98 Å². The zero-order chi connectivity index (χ0) is 20.3. The minimum Gasteiger partial charge on any atom is -0.352 e. The van der Waals surface area contributed by atoms with E-state index >= 15 is 0 Å². The van der Waals surface area contributed by atoms with Gasteiger partial charge >= 0.3 is 0 Å². The normalized spacial score (nSPS) is 18.4. The lowest BCUT2D eigenvalue weighted by molar-refractivity contribution is 0.302. The van der Waals surface area contributed by atoms with Crippen molar-refractivity contribution in [2.24, 2.45) is 0 Å². The van der Waals surface area contributed by atoms with Crippen LogP contribution in [0.15, 0.2) is 103 Å². The van der Waals surface area contributed by atoms with Gasteiger partial charge in [-0.2, -0.15) is 0 Å². The molecule has 5 heteroatoms. The predicted molar refractivity (Wildman–Crippen MR) is 123 cm³/mol. The van der Waals surface area contributed by atoms with Crippen LogP contribution in [0.4, 0.5) is 0 Å². The highest BCUT2D eigenvalue weighted by molar-refractivity contribution is 7.80. The number of hydrogen-bond donors (Lipinski definition) is 1. The maximum atomic E-state index is 5.81. The first-order chi connectivity index (χ1) is 14.8. The number of para-hydroxylation sites is 1. The Kier molecular flexibility index (Phi) is 5.03. The molecule has 2 aromatic heterocycles. The molecule has 0 saturated carbocycles. The van der Waals surface area contributed by atoms with Gasteiger partial charge in [-0.15, -0.1) is 0 Å². The number of pyridine rings is 1. The highest BCUT2D eigenvalue weighted by Gasteiger charge is 2.41. The zero-order valence-corrected chi connectivity index (χ0v) is 17.2. The number of thiocarbonyl (C=S) groups is 1. The Labute approximate surface area is 181 Å². The lowest BCUT2D eigenvalue weighted by Crippen LogP contribution is -2.30. The fraction of sp³-hybridized carbons (Fsp3) is 0.120. The van der Waals surface area contributed by atoms with E-state index in [0.29, 0.717) is 0 Å². The summed E-state index contributed by atoms with van der Waals surface area (Å²) in [5.41, 5.74) is 4.53. The van der Waals surface area contributed by atoms with E-state index in [0.717, 1.165) is 23.0 Å². The summed E-state index contributed by atoms with van der Waals surface area (Å²) in [6.07, 6.45) is 3.95. The number of hydrogen-bond acceptors (Lipinski definition) is 2. The Balaban J connectivity index is 1.60. The minimum atomic E-state index is -0.0280. The summed E-state index contributed by atoms with van der Waals surface area (Å²) in [4.78, 5) is 6.92. The fourth-order valence-electron chi connectivity index (χ4n) is 4.14. The van der Waals surface area contributed by atoms with Crippen molar-refractivity contribution in [2.75, 3.05) is 0 Å². The molecule has 2 aromatic carbocycles. The molecular weight excluding hydrogens is 388 g/mol. The number of aromatic nitrogens is 2. The van der Waals surface area contributed by atoms with E-state index in [9.17, 15) is 0 Å². The van der Waals surface area contributed by atoms with Crippen LogP contribution >= 0.6 is 12.2 Å². The van der Waals surface area contributed by atoms with Gasteiger partial charge in [-0.25, -0.2) is 0 Å². The highest BCUT2D eigenvalue weighted by atomic mass is 32.1. The minimum absolute atomic E-state index is 0.0165. The molecule has 1 saturated heterocycles. The summed E-state index contributed by atoms with van der Waals surface area (Å²) in [5.74, 6) is 0. The summed E-state index contributed by atoms with van der Waals surface area (Å²) in [6.45, 7) is 0.737. The van der Waals surface area contributed by atoms with E-state index in [1.165, 1.54) is 11.3 Å². The smallest absolute Gasteiger partial charge is 0.170 e. The largest absolute Gasteiger partial charge is 0.352 e. The van der Waals surface area contributed by atoms with Crippen LogP contribution < -0.4 is 5.32 Å². The van der Waals surface area contributed by atoms with E-state index < -0.39 is 0 Å². The third-order valence-electron chi connectivity index (χ3n) is 5.51. The van der Waals surface area contributed by atoms with Gasteiger partial charge < -0.3 is 14.8 Å². The molecule has 0 bridgehead atoms. The van der Waals surface area contributed by atoms with Crippen LogP contribution in [0.25, 0.3) is 5.69 Å². The van der Waals surface area contributed by atoms with Crippen molar-refractivity contribution < 1.29 is 0 Å². The topological polar surface area (TPSA) is 33.1 Å². The molecule has 0 aliphatic carbocycles. The molecule has 1 aliphatic rings. The summed E-state index contributed by atoms with van der Waals surface area (Å²) < 4.78 is 2.24. The summed E-state index contributed by atoms with van der Waals surface area (Å²) in [6, 6.07) is 31.2. The summed E-state index contributed by atoms with van der Waals surface area (Å²) in [5, 5.41) is 4.29. The van der Waals surface area contributed by atoms with E-state index in [4.69, 9.17) is 12.2 Å². The molecule has 30 heavy (non-hydrogen) atoms. The van der Waals surface area contributed by atoms with Crippen LogP contribution in [0.3, 0.4) is 0 Å². The standard InChI is InChI=1S/C25H22N4S/c30-25-27-23(21-14-7-8-16-26-21)24(29(25)18-19-10-3-1-4-11-19)22-15-9-17-28(22)20-12-5-2-6-13-20/h1-17,23-24H,18H2,(H,27,30). The maximum absolute atomic E-state index is 5.81. The lowest BCUT2D eigenvalue weighted by Gasteiger charge is -2.29. The monoisotopic (exact) mass is 410 g/mol. The van der Waals surface area contributed by atoms with Crippen LogP contribution in [-0.4, -0.2) is 19.6 Å². The maximum Gasteiger partial charge on any atom is 0.170 e. The third-order valence-corrected chi connectivity index (χ3v) is 5.86. The Bertz CT molecular complexity index is 1130. The Morgan fingerprint density at radius 2 is 1.57 bits per heavy atom. The molecule has 0 radical (unpaired) electrons. The second-order valence-corrected chi connectivity index (χ2v) is 7.77. The average Bonchev–Trinajstić information content (AvgIpc) is 3.40. The van der Waals surface area contributed by atoms with E-state index in [1.54, 1.807) is 0 Å². The van der Waals surface area contributed by atoms with Crippen molar-refractivity contribution in [1.29, 1.82) is 0 Å². The molecule has 4 aromatic rings. The Morgan fingerprint density at radius 1 is 0.833 bits per heavy atom. The van der Waals surface area contributed by atoms with Gasteiger partial charge in [0, 0.05) is 30.3 Å². The van der Waals surface area contributed by atoms with E-state index in [1.807, 2.05) is 30.5 Å². The SMILES string of the molecule is S=C1NC(c2ccccn2)C(c2cccn2-c2ccccc2)N1Cc1ccccc1. The zero-order valence-electron chi connectivity index (χ0n) is 16.4. The first-order valence-electron chi connectivity index (χ1n) is 10.1. The van der Waals surface area contributed by atoms with Gasteiger partial charge in [-0.1, -0.05) is 54.6 Å². The van der Waals surface area contributed by atoms with Gasteiger partial charge in [0.2, 0.25) is 0 Å². The van der Waals surface area contributed by atoms with Crippen molar-refractivity contribution in [3.63, 3.8) is 0 Å². The van der Waals surface area contributed by atoms with Crippen LogP contribution in [0.1, 0.15) is 29.0 Å². The molecular formula is C25H22N4S. The summed E-state index contributed by atoms with van der Waals surface area (Å²) >= 11 is 5.81. The van der Waals surface area contributed by atoms with Crippen LogP contribution in [0.2, 0.25) is 0 Å². The fourth-order valence-corrected chi connectivity index (χ4v) is 4.44. The first kappa shape index (κ1) is 18.6. The van der Waals surface area contributed by atoms with Crippen LogP contribution in [0.5, 0.6) is 0 Å². The number of nitrogens with one attached hydrogen (secondary N) is 1. The van der Waals surface area contributed by atoms with E-state index in [2.05, 4.69) is 92.7 Å². The molecule has 5 rings (SSSR count). The van der Waals surface area contributed by atoms with Crippen LogP contribution in [-0.2, 0) is 6.54 Å². The molecule has 3 heterocycles. The van der Waals surface area contributed by atoms with Crippen LogP contribution in [0, 0.1) is 0 Å².